The topological polar surface area (TPSA) is 64.6 Å². The second-order valence-corrected chi connectivity index (χ2v) is 7.51. The molecule has 1 amide bonds. The minimum Gasteiger partial charge on any atom is -0.496 e. The molecule has 0 aromatic heterocycles. The van der Waals surface area contributed by atoms with Crippen LogP contribution in [0.3, 0.4) is 0 Å². The Morgan fingerprint density at radius 2 is 1.81 bits per heavy atom. The average molecular weight is 388 g/mol. The lowest BCUT2D eigenvalue weighted by Crippen LogP contribution is -2.31. The number of hydrogen-bond donors (Lipinski definition) is 1. The quantitative estimate of drug-likeness (QED) is 0.528. The number of benzene rings is 2. The van der Waals surface area contributed by atoms with Crippen molar-refractivity contribution < 1.29 is 19.1 Å². The molecule has 2 rings (SSSR count). The highest BCUT2D eigenvalue weighted by atomic mass is 32.2. The number of methoxy groups -OCH3 is 1. The van der Waals surface area contributed by atoms with Gasteiger partial charge in [-0.15, -0.1) is 11.8 Å². The van der Waals surface area contributed by atoms with Gasteiger partial charge in [0.2, 0.25) is 0 Å². The van der Waals surface area contributed by atoms with Gasteiger partial charge in [-0.05, 0) is 44.0 Å². The number of esters is 1. The molecular weight excluding hydrogens is 362 g/mol. The van der Waals surface area contributed by atoms with E-state index in [2.05, 4.69) is 5.32 Å². The van der Waals surface area contributed by atoms with Gasteiger partial charge in [0, 0.05) is 11.4 Å². The van der Waals surface area contributed by atoms with Crippen LogP contribution in [0.4, 0.5) is 0 Å². The Morgan fingerprint density at radius 3 is 2.52 bits per heavy atom. The van der Waals surface area contributed by atoms with Gasteiger partial charge in [0.15, 0.2) is 6.61 Å². The fraction of sp³-hybridized carbons (Fsp3) is 0.333. The number of carbonyl (C=O) groups excluding carboxylic acids is 2. The summed E-state index contributed by atoms with van der Waals surface area (Å²) in [5, 5.41) is 2.37. The van der Waals surface area contributed by atoms with Crippen molar-refractivity contribution in [1.82, 2.24) is 5.32 Å². The Labute approximate surface area is 164 Å². The molecule has 2 aromatic rings. The smallest absolute Gasteiger partial charge is 0.319 e. The van der Waals surface area contributed by atoms with Crippen LogP contribution in [0.5, 0.6) is 5.75 Å². The fourth-order valence-electron chi connectivity index (χ4n) is 2.42. The summed E-state index contributed by atoms with van der Waals surface area (Å²) in [7, 11) is 1.62. The number of aryl methyl sites for hydroxylation is 1. The van der Waals surface area contributed by atoms with E-state index in [0.717, 1.165) is 16.2 Å². The van der Waals surface area contributed by atoms with E-state index in [1.807, 2.05) is 55.5 Å². The molecule has 0 bridgehead atoms. The van der Waals surface area contributed by atoms with Crippen molar-refractivity contribution in [2.45, 2.75) is 30.4 Å². The Morgan fingerprint density at radius 1 is 1.11 bits per heavy atom. The zero-order valence-corrected chi connectivity index (χ0v) is 16.7. The molecule has 0 unspecified atom stereocenters. The van der Waals surface area contributed by atoms with E-state index >= 15 is 0 Å². The second-order valence-electron chi connectivity index (χ2n) is 6.09. The van der Waals surface area contributed by atoms with Crippen LogP contribution in [0.15, 0.2) is 53.4 Å². The summed E-state index contributed by atoms with van der Waals surface area (Å²) in [6, 6.07) is 15.6. The third kappa shape index (κ3) is 6.98. The van der Waals surface area contributed by atoms with Crippen molar-refractivity contribution in [3.8, 4) is 5.75 Å². The van der Waals surface area contributed by atoms with Gasteiger partial charge in [0.05, 0.1) is 7.11 Å². The van der Waals surface area contributed by atoms with Gasteiger partial charge < -0.3 is 14.8 Å². The molecule has 0 aliphatic rings. The van der Waals surface area contributed by atoms with E-state index in [0.29, 0.717) is 13.0 Å². The molecule has 0 heterocycles. The zero-order valence-electron chi connectivity index (χ0n) is 15.9. The van der Waals surface area contributed by atoms with Crippen molar-refractivity contribution in [3.05, 3.63) is 59.7 Å². The maximum Gasteiger partial charge on any atom is 0.319 e. The first-order valence-corrected chi connectivity index (χ1v) is 9.66. The van der Waals surface area contributed by atoms with Gasteiger partial charge in [0.1, 0.15) is 11.0 Å². The molecule has 2 aromatic carbocycles. The highest BCUT2D eigenvalue weighted by Gasteiger charge is 2.17. The van der Waals surface area contributed by atoms with Crippen molar-refractivity contribution in [1.29, 1.82) is 0 Å². The van der Waals surface area contributed by atoms with Gasteiger partial charge in [-0.3, -0.25) is 9.59 Å². The molecule has 0 spiro atoms. The number of nitrogens with one attached hydrogen (secondary N) is 1. The first kappa shape index (κ1) is 20.8. The van der Waals surface area contributed by atoms with Crippen molar-refractivity contribution in [2.24, 2.45) is 0 Å². The Kier molecular flexibility index (Phi) is 8.20. The van der Waals surface area contributed by atoms with Crippen LogP contribution in [0.2, 0.25) is 0 Å². The molecule has 0 saturated heterocycles. The molecule has 0 saturated carbocycles. The highest BCUT2D eigenvalue weighted by molar-refractivity contribution is 8.00. The maximum atomic E-state index is 12.1. The predicted molar refractivity (Wildman–Crippen MR) is 107 cm³/mol. The molecule has 27 heavy (non-hydrogen) atoms. The van der Waals surface area contributed by atoms with Crippen LogP contribution in [0.1, 0.15) is 18.1 Å². The molecule has 0 fully saturated rings. The van der Waals surface area contributed by atoms with Crippen LogP contribution in [0.25, 0.3) is 0 Å². The third-order valence-electron chi connectivity index (χ3n) is 3.92. The summed E-state index contributed by atoms with van der Waals surface area (Å²) in [5.74, 6) is 0.0753. The minimum absolute atomic E-state index is 0.274. The maximum absolute atomic E-state index is 12.1. The SMILES string of the molecule is COc1ccccc1CCNC(=O)COC(=O)[C@H](C)Sc1ccc(C)cc1. The van der Waals surface area contributed by atoms with E-state index in [4.69, 9.17) is 9.47 Å². The molecule has 1 atom stereocenters. The van der Waals surface area contributed by atoms with Crippen LogP contribution in [0, 0.1) is 6.92 Å². The third-order valence-corrected chi connectivity index (χ3v) is 5.01. The summed E-state index contributed by atoms with van der Waals surface area (Å²) in [6.07, 6.45) is 0.642. The zero-order chi connectivity index (χ0) is 19.6. The number of ether oxygens (including phenoxy) is 2. The van der Waals surface area contributed by atoms with Crippen LogP contribution in [-0.4, -0.2) is 37.4 Å². The lowest BCUT2D eigenvalue weighted by atomic mass is 10.1. The Hall–Kier alpha value is -2.47. The molecule has 144 valence electrons. The number of para-hydroxylation sites is 1. The first-order valence-electron chi connectivity index (χ1n) is 8.78. The molecule has 0 radical (unpaired) electrons. The number of carbonyl (C=O) groups is 2. The van der Waals surface area contributed by atoms with Gasteiger partial charge in [-0.1, -0.05) is 35.9 Å². The van der Waals surface area contributed by atoms with Gasteiger partial charge in [-0.25, -0.2) is 0 Å². The van der Waals surface area contributed by atoms with E-state index in [-0.39, 0.29) is 17.8 Å². The van der Waals surface area contributed by atoms with Gasteiger partial charge in [-0.2, -0.15) is 0 Å². The van der Waals surface area contributed by atoms with E-state index in [1.54, 1.807) is 14.0 Å². The fourth-order valence-corrected chi connectivity index (χ4v) is 3.29. The molecule has 0 aliphatic heterocycles. The second kappa shape index (κ2) is 10.6. The lowest BCUT2D eigenvalue weighted by molar-refractivity contribution is -0.147. The first-order chi connectivity index (χ1) is 13.0. The minimum atomic E-state index is -0.402. The summed E-state index contributed by atoms with van der Waals surface area (Å²) < 4.78 is 10.4. The van der Waals surface area contributed by atoms with Gasteiger partial charge in [0.25, 0.3) is 5.91 Å². The highest BCUT2D eigenvalue weighted by Crippen LogP contribution is 2.24. The number of hydrogen-bond acceptors (Lipinski definition) is 5. The molecular formula is C21H25NO4S. The van der Waals surface area contributed by atoms with Crippen LogP contribution in [-0.2, 0) is 20.7 Å². The Bertz CT molecular complexity index is 761. The number of amides is 1. The van der Waals surface area contributed by atoms with Crippen LogP contribution >= 0.6 is 11.8 Å². The number of rotatable bonds is 9. The van der Waals surface area contributed by atoms with E-state index in [1.165, 1.54) is 17.3 Å². The number of thioether (sulfide) groups is 1. The molecule has 5 nitrogen and oxygen atoms in total. The van der Waals surface area contributed by atoms with Crippen molar-refractivity contribution in [3.63, 3.8) is 0 Å². The summed E-state index contributed by atoms with van der Waals surface area (Å²) in [6.45, 7) is 3.96. The normalized spacial score (nSPS) is 11.5. The van der Waals surface area contributed by atoms with E-state index < -0.39 is 5.97 Å². The summed E-state index contributed by atoms with van der Waals surface area (Å²) >= 11 is 1.41. The average Bonchev–Trinajstić information content (AvgIpc) is 2.68. The molecule has 0 aliphatic carbocycles. The largest absolute Gasteiger partial charge is 0.496 e. The summed E-state index contributed by atoms with van der Waals surface area (Å²) in [4.78, 5) is 24.9. The molecule has 1 N–H and O–H groups in total. The van der Waals surface area contributed by atoms with Crippen LogP contribution < -0.4 is 10.1 Å². The van der Waals surface area contributed by atoms with Crippen molar-refractivity contribution >= 4 is 23.6 Å². The van der Waals surface area contributed by atoms with E-state index in [9.17, 15) is 9.59 Å². The Balaban J connectivity index is 1.69. The van der Waals surface area contributed by atoms with Crippen molar-refractivity contribution in [2.75, 3.05) is 20.3 Å². The summed E-state index contributed by atoms with van der Waals surface area (Å²) in [5.41, 5.74) is 2.18. The monoisotopic (exact) mass is 387 g/mol. The standard InChI is InChI=1S/C21H25NO4S/c1-15-8-10-18(11-9-15)27-16(2)21(24)26-14-20(23)22-13-12-17-6-4-5-7-19(17)25-3/h4-11,16H,12-14H2,1-3H3,(H,22,23)/t16-/m0/s1. The molecule has 6 heteroatoms. The lowest BCUT2D eigenvalue weighted by Gasteiger charge is -2.12. The van der Waals surface area contributed by atoms with Gasteiger partial charge >= 0.3 is 5.97 Å². The predicted octanol–water partition coefficient (Wildman–Crippen LogP) is 3.39.